The van der Waals surface area contributed by atoms with Crippen LogP contribution in [0.25, 0.3) is 0 Å². The molecule has 1 rings (SSSR count). The number of hydrogen-bond donors (Lipinski definition) is 3. The zero-order valence-electron chi connectivity index (χ0n) is 10.7. The Hall–Kier alpha value is -2.31. The molecule has 0 unspecified atom stereocenters. The van der Waals surface area contributed by atoms with Crippen molar-refractivity contribution in [2.24, 2.45) is 0 Å². The number of carbonyl (C=O) groups is 2. The topological polar surface area (TPSA) is 79.5 Å². The summed E-state index contributed by atoms with van der Waals surface area (Å²) in [6, 6.07) is 3.15. The summed E-state index contributed by atoms with van der Waals surface area (Å²) in [5.41, 5.74) is 0.317. The third-order valence-corrected chi connectivity index (χ3v) is 2.20. The van der Waals surface area contributed by atoms with E-state index in [0.29, 0.717) is 12.2 Å². The molecule has 0 aliphatic carbocycles. The maximum Gasteiger partial charge on any atom is 0.319 e. The second-order valence-electron chi connectivity index (χ2n) is 3.61. The lowest BCUT2D eigenvalue weighted by Crippen LogP contribution is -2.38. The average molecular weight is 269 g/mol. The van der Waals surface area contributed by atoms with E-state index in [1.807, 2.05) is 0 Å². The Labute approximate surface area is 110 Å². The lowest BCUT2D eigenvalue weighted by Gasteiger charge is -2.11. The van der Waals surface area contributed by atoms with Crippen molar-refractivity contribution >= 4 is 17.6 Å². The number of methoxy groups -OCH3 is 1. The molecule has 0 atom stereocenters. The van der Waals surface area contributed by atoms with Gasteiger partial charge in [0.1, 0.15) is 11.6 Å². The van der Waals surface area contributed by atoms with Crippen LogP contribution in [0.4, 0.5) is 14.9 Å². The van der Waals surface area contributed by atoms with Gasteiger partial charge in [-0.25, -0.2) is 9.18 Å². The Balaban J connectivity index is 2.55. The summed E-state index contributed by atoms with van der Waals surface area (Å²) in [5.74, 6) is -0.554. The van der Waals surface area contributed by atoms with Crippen LogP contribution in [0.15, 0.2) is 18.2 Å². The van der Waals surface area contributed by atoms with Crippen LogP contribution in [0.5, 0.6) is 5.75 Å². The van der Waals surface area contributed by atoms with Gasteiger partial charge < -0.3 is 20.7 Å². The highest BCUT2D eigenvalue weighted by atomic mass is 19.1. The molecule has 104 valence electrons. The molecule has 0 radical (unpaired) electrons. The van der Waals surface area contributed by atoms with Gasteiger partial charge in [0.15, 0.2) is 0 Å². The van der Waals surface area contributed by atoms with Gasteiger partial charge >= 0.3 is 6.03 Å². The fourth-order valence-corrected chi connectivity index (χ4v) is 1.36. The maximum atomic E-state index is 12.9. The predicted molar refractivity (Wildman–Crippen MR) is 68.7 cm³/mol. The molecule has 0 spiro atoms. The third-order valence-electron chi connectivity index (χ3n) is 2.20. The number of amides is 3. The second kappa shape index (κ2) is 7.20. The molecule has 0 fully saturated rings. The highest BCUT2D eigenvalue weighted by Crippen LogP contribution is 2.24. The van der Waals surface area contributed by atoms with E-state index >= 15 is 0 Å². The first-order valence-electron chi connectivity index (χ1n) is 5.72. The molecule has 3 N–H and O–H groups in total. The predicted octanol–water partition coefficient (Wildman–Crippen LogP) is 1.09. The zero-order chi connectivity index (χ0) is 14.3. The minimum absolute atomic E-state index is 0.136. The number of carbonyl (C=O) groups excluding carboxylic acids is 2. The molecule has 7 heteroatoms. The van der Waals surface area contributed by atoms with E-state index in [2.05, 4.69) is 16.0 Å². The normalized spacial score (nSPS) is 9.63. The van der Waals surface area contributed by atoms with Crippen molar-refractivity contribution in [1.29, 1.82) is 0 Å². The molecule has 0 heterocycles. The number of hydrogen-bond acceptors (Lipinski definition) is 3. The van der Waals surface area contributed by atoms with Crippen LogP contribution in [-0.2, 0) is 4.79 Å². The van der Waals surface area contributed by atoms with Gasteiger partial charge in [-0.05, 0) is 19.1 Å². The van der Waals surface area contributed by atoms with Gasteiger partial charge in [-0.3, -0.25) is 4.79 Å². The summed E-state index contributed by atoms with van der Waals surface area (Å²) in [5, 5.41) is 7.37. The van der Waals surface area contributed by atoms with Gasteiger partial charge in [0.25, 0.3) is 0 Å². The van der Waals surface area contributed by atoms with E-state index in [0.717, 1.165) is 6.07 Å². The van der Waals surface area contributed by atoms with Crippen molar-refractivity contribution in [1.82, 2.24) is 10.6 Å². The van der Waals surface area contributed by atoms with Crippen LogP contribution in [0.2, 0.25) is 0 Å². The Kier molecular flexibility index (Phi) is 5.59. The first-order chi connectivity index (χ1) is 9.06. The van der Waals surface area contributed by atoms with E-state index in [1.54, 1.807) is 6.92 Å². The van der Waals surface area contributed by atoms with Gasteiger partial charge in [0, 0.05) is 12.6 Å². The lowest BCUT2D eigenvalue weighted by atomic mass is 10.3. The Morgan fingerprint density at radius 2 is 2.05 bits per heavy atom. The Morgan fingerprint density at radius 3 is 2.68 bits per heavy atom. The summed E-state index contributed by atoms with van der Waals surface area (Å²) in [6.45, 7) is 2.14. The van der Waals surface area contributed by atoms with E-state index in [4.69, 9.17) is 4.74 Å². The smallest absolute Gasteiger partial charge is 0.319 e. The van der Waals surface area contributed by atoms with Gasteiger partial charge in [-0.15, -0.1) is 0 Å². The van der Waals surface area contributed by atoms with Crippen molar-refractivity contribution in [3.63, 3.8) is 0 Å². The van der Waals surface area contributed by atoms with Crippen LogP contribution >= 0.6 is 0 Å². The van der Waals surface area contributed by atoms with Crippen molar-refractivity contribution in [2.75, 3.05) is 25.5 Å². The third kappa shape index (κ3) is 4.82. The minimum atomic E-state index is -0.573. The summed E-state index contributed by atoms with van der Waals surface area (Å²) in [7, 11) is 1.37. The van der Waals surface area contributed by atoms with E-state index in [9.17, 15) is 14.0 Å². The summed E-state index contributed by atoms with van der Waals surface area (Å²) in [6.07, 6.45) is 0. The number of benzene rings is 1. The van der Waals surface area contributed by atoms with E-state index < -0.39 is 11.8 Å². The fourth-order valence-electron chi connectivity index (χ4n) is 1.36. The second-order valence-corrected chi connectivity index (χ2v) is 3.61. The summed E-state index contributed by atoms with van der Waals surface area (Å²) < 4.78 is 17.9. The largest absolute Gasteiger partial charge is 0.494 e. The number of rotatable bonds is 5. The average Bonchev–Trinajstić information content (AvgIpc) is 2.39. The van der Waals surface area contributed by atoms with Crippen molar-refractivity contribution in [2.45, 2.75) is 6.92 Å². The maximum absolute atomic E-state index is 12.9. The van der Waals surface area contributed by atoms with Gasteiger partial charge in [-0.2, -0.15) is 0 Å². The van der Waals surface area contributed by atoms with Crippen LogP contribution in [0.3, 0.4) is 0 Å². The number of ether oxygens (including phenoxy) is 1. The molecule has 3 amide bonds. The molecule has 0 bridgehead atoms. The van der Waals surface area contributed by atoms with Gasteiger partial charge in [0.2, 0.25) is 5.91 Å². The molecular formula is C12H16FN3O3. The van der Waals surface area contributed by atoms with Crippen LogP contribution in [0, 0.1) is 5.82 Å². The summed E-state index contributed by atoms with van der Waals surface area (Å²) >= 11 is 0. The van der Waals surface area contributed by atoms with Crippen molar-refractivity contribution in [3.8, 4) is 5.75 Å². The number of halogens is 1. The first kappa shape index (κ1) is 14.7. The Bertz CT molecular complexity index is 466. The molecule has 19 heavy (non-hydrogen) atoms. The molecule has 0 aromatic heterocycles. The quantitative estimate of drug-likeness (QED) is 0.748. The van der Waals surface area contributed by atoms with E-state index in [1.165, 1.54) is 19.2 Å². The SMILES string of the molecule is CCNC(=O)CNC(=O)Nc1ccc(F)cc1OC. The van der Waals surface area contributed by atoms with Gasteiger partial charge in [0.05, 0.1) is 19.3 Å². The molecule has 0 saturated carbocycles. The fraction of sp³-hybridized carbons (Fsp3) is 0.333. The van der Waals surface area contributed by atoms with Crippen LogP contribution in [0.1, 0.15) is 6.92 Å². The van der Waals surface area contributed by atoms with Crippen LogP contribution in [-0.4, -0.2) is 32.1 Å². The number of nitrogens with one attached hydrogen (secondary N) is 3. The molecule has 0 aliphatic heterocycles. The molecule has 1 aromatic rings. The Morgan fingerprint density at radius 1 is 1.32 bits per heavy atom. The standard InChI is InChI=1S/C12H16FN3O3/c1-3-14-11(17)7-15-12(18)16-9-5-4-8(13)6-10(9)19-2/h4-6H,3,7H2,1-2H3,(H,14,17)(H2,15,16,18). The number of urea groups is 1. The van der Waals surface area contributed by atoms with Crippen LogP contribution < -0.4 is 20.7 Å². The van der Waals surface area contributed by atoms with Gasteiger partial charge in [-0.1, -0.05) is 0 Å². The van der Waals surface area contributed by atoms with E-state index in [-0.39, 0.29) is 18.2 Å². The zero-order valence-corrected chi connectivity index (χ0v) is 10.7. The highest BCUT2D eigenvalue weighted by molar-refractivity contribution is 5.93. The lowest BCUT2D eigenvalue weighted by molar-refractivity contribution is -0.119. The van der Waals surface area contributed by atoms with Crippen molar-refractivity contribution < 1.29 is 18.7 Å². The molecule has 0 aliphatic rings. The summed E-state index contributed by atoms with van der Waals surface area (Å²) in [4.78, 5) is 22.7. The molecule has 1 aromatic carbocycles. The molecule has 6 nitrogen and oxygen atoms in total. The number of likely N-dealkylation sites (N-methyl/N-ethyl adjacent to an activating group) is 1. The number of anilines is 1. The first-order valence-corrected chi connectivity index (χ1v) is 5.72. The molecule has 0 saturated heterocycles. The molecular weight excluding hydrogens is 253 g/mol. The minimum Gasteiger partial charge on any atom is -0.494 e. The highest BCUT2D eigenvalue weighted by Gasteiger charge is 2.09. The van der Waals surface area contributed by atoms with Crippen molar-refractivity contribution in [3.05, 3.63) is 24.0 Å². The monoisotopic (exact) mass is 269 g/mol.